The number of ether oxygens (including phenoxy) is 1. The van der Waals surface area contributed by atoms with Crippen LogP contribution in [0.3, 0.4) is 0 Å². The molecule has 2 atom stereocenters. The van der Waals surface area contributed by atoms with E-state index in [0.717, 1.165) is 12.1 Å². The highest BCUT2D eigenvalue weighted by molar-refractivity contribution is 5.99. The summed E-state index contributed by atoms with van der Waals surface area (Å²) in [5.74, 6) is 0.279. The second kappa shape index (κ2) is 6.16. The van der Waals surface area contributed by atoms with Crippen LogP contribution in [0.5, 0.6) is 0 Å². The quantitative estimate of drug-likeness (QED) is 0.681. The standard InChI is InChI=1S/C16H24N2O2/c1-11-7-4-5-10-14(11)18(2)15-12(16(19)20-3)8-6-9-13(15)17/h6,8-9,11,14H,4-5,7,10,17H2,1-3H3. The largest absolute Gasteiger partial charge is 0.465 e. The summed E-state index contributed by atoms with van der Waals surface area (Å²) in [7, 11) is 3.43. The maximum Gasteiger partial charge on any atom is 0.340 e. The van der Waals surface area contributed by atoms with Crippen LogP contribution in [0.4, 0.5) is 11.4 Å². The van der Waals surface area contributed by atoms with Gasteiger partial charge in [-0.2, -0.15) is 0 Å². The average molecular weight is 276 g/mol. The van der Waals surface area contributed by atoms with E-state index in [1.54, 1.807) is 12.1 Å². The summed E-state index contributed by atoms with van der Waals surface area (Å²) in [4.78, 5) is 14.1. The van der Waals surface area contributed by atoms with Crippen molar-refractivity contribution in [2.45, 2.75) is 38.6 Å². The fourth-order valence-electron chi connectivity index (χ4n) is 3.27. The molecule has 4 heteroatoms. The number of carbonyl (C=O) groups excluding carboxylic acids is 1. The number of hydrogen-bond acceptors (Lipinski definition) is 4. The topological polar surface area (TPSA) is 55.6 Å². The van der Waals surface area contributed by atoms with Gasteiger partial charge >= 0.3 is 5.97 Å². The lowest BCUT2D eigenvalue weighted by atomic mass is 9.84. The van der Waals surface area contributed by atoms with E-state index in [0.29, 0.717) is 23.2 Å². The number of methoxy groups -OCH3 is 1. The Labute approximate surface area is 120 Å². The van der Waals surface area contributed by atoms with Gasteiger partial charge < -0.3 is 15.4 Å². The number of para-hydroxylation sites is 1. The van der Waals surface area contributed by atoms with Crippen molar-refractivity contribution in [3.63, 3.8) is 0 Å². The van der Waals surface area contributed by atoms with Crippen molar-refractivity contribution in [1.29, 1.82) is 0 Å². The van der Waals surface area contributed by atoms with Crippen molar-refractivity contribution in [2.24, 2.45) is 5.92 Å². The number of nitrogens with two attached hydrogens (primary N) is 1. The fraction of sp³-hybridized carbons (Fsp3) is 0.562. The second-order valence-corrected chi connectivity index (χ2v) is 5.67. The lowest BCUT2D eigenvalue weighted by Gasteiger charge is -2.38. The minimum absolute atomic E-state index is 0.331. The van der Waals surface area contributed by atoms with E-state index in [1.165, 1.54) is 26.4 Å². The Hall–Kier alpha value is -1.71. The molecule has 0 saturated heterocycles. The molecule has 2 N–H and O–H groups in total. The van der Waals surface area contributed by atoms with Crippen LogP contribution in [0.1, 0.15) is 43.0 Å². The van der Waals surface area contributed by atoms with Crippen LogP contribution in [0.25, 0.3) is 0 Å². The second-order valence-electron chi connectivity index (χ2n) is 5.67. The van der Waals surface area contributed by atoms with Gasteiger partial charge in [-0.15, -0.1) is 0 Å². The maximum atomic E-state index is 12.0. The molecular formula is C16H24N2O2. The molecule has 1 aliphatic carbocycles. The molecule has 0 heterocycles. The number of rotatable bonds is 3. The summed E-state index contributed by atoms with van der Waals surface area (Å²) < 4.78 is 4.88. The molecule has 4 nitrogen and oxygen atoms in total. The van der Waals surface area contributed by atoms with E-state index < -0.39 is 0 Å². The van der Waals surface area contributed by atoms with E-state index in [4.69, 9.17) is 10.5 Å². The highest BCUT2D eigenvalue weighted by Crippen LogP contribution is 2.35. The lowest BCUT2D eigenvalue weighted by Crippen LogP contribution is -2.40. The Morgan fingerprint density at radius 2 is 2.05 bits per heavy atom. The summed E-state index contributed by atoms with van der Waals surface area (Å²) in [6.07, 6.45) is 4.90. The first kappa shape index (κ1) is 14.7. The molecule has 0 radical (unpaired) electrons. The minimum atomic E-state index is -0.331. The Bertz CT molecular complexity index is 487. The summed E-state index contributed by atoms with van der Waals surface area (Å²) in [5.41, 5.74) is 8.10. The highest BCUT2D eigenvalue weighted by atomic mass is 16.5. The van der Waals surface area contributed by atoms with Gasteiger partial charge in [-0.3, -0.25) is 0 Å². The molecule has 1 aromatic carbocycles. The monoisotopic (exact) mass is 276 g/mol. The van der Waals surface area contributed by atoms with Crippen LogP contribution in [0.2, 0.25) is 0 Å². The van der Waals surface area contributed by atoms with Gasteiger partial charge in [-0.1, -0.05) is 25.8 Å². The fourth-order valence-corrected chi connectivity index (χ4v) is 3.27. The van der Waals surface area contributed by atoms with Gasteiger partial charge in [-0.25, -0.2) is 4.79 Å². The molecule has 0 amide bonds. The zero-order valence-electron chi connectivity index (χ0n) is 12.6. The normalized spacial score (nSPS) is 22.4. The van der Waals surface area contributed by atoms with Crippen LogP contribution in [0.15, 0.2) is 18.2 Å². The van der Waals surface area contributed by atoms with Crippen molar-refractivity contribution in [2.75, 3.05) is 24.8 Å². The molecule has 0 bridgehead atoms. The van der Waals surface area contributed by atoms with Gasteiger partial charge in [0, 0.05) is 13.1 Å². The molecule has 110 valence electrons. The van der Waals surface area contributed by atoms with Gasteiger partial charge in [0.05, 0.1) is 24.0 Å². The molecule has 0 aliphatic heterocycles. The number of hydrogen-bond donors (Lipinski definition) is 1. The molecule has 1 aromatic rings. The first-order chi connectivity index (χ1) is 9.56. The molecular weight excluding hydrogens is 252 g/mol. The molecule has 0 spiro atoms. The first-order valence-electron chi connectivity index (χ1n) is 7.26. The maximum absolute atomic E-state index is 12.0. The first-order valence-corrected chi connectivity index (χ1v) is 7.26. The Kier molecular flexibility index (Phi) is 4.53. The van der Waals surface area contributed by atoms with E-state index in [1.807, 2.05) is 13.1 Å². The number of esters is 1. The van der Waals surface area contributed by atoms with Crippen LogP contribution in [-0.4, -0.2) is 26.2 Å². The van der Waals surface area contributed by atoms with Gasteiger partial charge in [0.2, 0.25) is 0 Å². The minimum Gasteiger partial charge on any atom is -0.465 e. The zero-order valence-corrected chi connectivity index (χ0v) is 12.6. The van der Waals surface area contributed by atoms with Gasteiger partial charge in [0.1, 0.15) is 0 Å². The van der Waals surface area contributed by atoms with E-state index in [9.17, 15) is 4.79 Å². The van der Waals surface area contributed by atoms with Gasteiger partial charge in [0.25, 0.3) is 0 Å². The molecule has 20 heavy (non-hydrogen) atoms. The van der Waals surface area contributed by atoms with Crippen molar-refractivity contribution in [3.8, 4) is 0 Å². The summed E-state index contributed by atoms with van der Waals surface area (Å²) in [5, 5.41) is 0. The van der Waals surface area contributed by atoms with Gasteiger partial charge in [0.15, 0.2) is 0 Å². The third kappa shape index (κ3) is 2.74. The Morgan fingerprint density at radius 3 is 2.70 bits per heavy atom. The van der Waals surface area contributed by atoms with Crippen LogP contribution >= 0.6 is 0 Å². The van der Waals surface area contributed by atoms with Gasteiger partial charge in [-0.05, 0) is 30.9 Å². The molecule has 0 aromatic heterocycles. The van der Waals surface area contributed by atoms with Crippen LogP contribution in [-0.2, 0) is 4.74 Å². The molecule has 2 rings (SSSR count). The summed E-state index contributed by atoms with van der Waals surface area (Å²) >= 11 is 0. The number of nitrogen functional groups attached to an aromatic ring is 1. The van der Waals surface area contributed by atoms with E-state index >= 15 is 0 Å². The molecule has 2 unspecified atom stereocenters. The van der Waals surface area contributed by atoms with Crippen molar-refractivity contribution in [1.82, 2.24) is 0 Å². The van der Waals surface area contributed by atoms with E-state index in [2.05, 4.69) is 11.8 Å². The lowest BCUT2D eigenvalue weighted by molar-refractivity contribution is 0.0601. The van der Waals surface area contributed by atoms with Crippen molar-refractivity contribution in [3.05, 3.63) is 23.8 Å². The van der Waals surface area contributed by atoms with Crippen LogP contribution < -0.4 is 10.6 Å². The van der Waals surface area contributed by atoms with E-state index in [-0.39, 0.29) is 5.97 Å². The SMILES string of the molecule is COC(=O)c1cccc(N)c1N(C)C1CCCCC1C. The number of nitrogens with zero attached hydrogens (tertiary/aromatic N) is 1. The molecule has 1 aliphatic rings. The number of carbonyl (C=O) groups is 1. The Balaban J connectivity index is 2.37. The highest BCUT2D eigenvalue weighted by Gasteiger charge is 2.28. The smallest absolute Gasteiger partial charge is 0.340 e. The predicted molar refractivity (Wildman–Crippen MR) is 82.0 cm³/mol. The third-order valence-corrected chi connectivity index (χ3v) is 4.39. The molecule has 1 saturated carbocycles. The summed E-state index contributed by atoms with van der Waals surface area (Å²) in [6, 6.07) is 5.84. The van der Waals surface area contributed by atoms with Crippen molar-refractivity contribution < 1.29 is 9.53 Å². The third-order valence-electron chi connectivity index (χ3n) is 4.39. The van der Waals surface area contributed by atoms with Crippen LogP contribution in [0, 0.1) is 5.92 Å². The number of anilines is 2. The van der Waals surface area contributed by atoms with Crippen molar-refractivity contribution >= 4 is 17.3 Å². The molecule has 1 fully saturated rings. The summed E-state index contributed by atoms with van der Waals surface area (Å²) in [6.45, 7) is 2.28. The Morgan fingerprint density at radius 1 is 1.35 bits per heavy atom. The average Bonchev–Trinajstić information content (AvgIpc) is 2.46. The number of benzene rings is 1. The predicted octanol–water partition coefficient (Wildman–Crippen LogP) is 3.07. The zero-order chi connectivity index (χ0) is 14.7.